The Kier molecular flexibility index (Phi) is 7.16. The lowest BCUT2D eigenvalue weighted by Crippen LogP contribution is -2.14. The molecule has 1 aliphatic carbocycles. The zero-order valence-electron chi connectivity index (χ0n) is 16.1. The zero-order valence-corrected chi connectivity index (χ0v) is 16.1. The second kappa shape index (κ2) is 9.80. The van der Waals surface area contributed by atoms with Crippen molar-refractivity contribution in [3.05, 3.63) is 36.0 Å². The number of hydrogen-bond donors (Lipinski definition) is 1. The van der Waals surface area contributed by atoms with Crippen molar-refractivity contribution in [2.75, 3.05) is 6.61 Å². The molecule has 1 saturated carbocycles. The number of aromatic nitrogens is 1. The molecule has 1 aliphatic rings. The highest BCUT2D eigenvalue weighted by Crippen LogP contribution is 2.31. The van der Waals surface area contributed by atoms with Crippen molar-refractivity contribution in [1.29, 1.82) is 0 Å². The summed E-state index contributed by atoms with van der Waals surface area (Å²) in [7, 11) is 0. The molecule has 3 nitrogen and oxygen atoms in total. The van der Waals surface area contributed by atoms with E-state index in [9.17, 15) is 4.79 Å². The largest absolute Gasteiger partial charge is 0.462 e. The second-order valence-electron chi connectivity index (χ2n) is 7.94. The molecule has 0 bridgehead atoms. The van der Waals surface area contributed by atoms with Crippen LogP contribution in [0.3, 0.4) is 0 Å². The highest BCUT2D eigenvalue weighted by atomic mass is 16.5. The molecule has 2 unspecified atom stereocenters. The molecule has 2 atom stereocenters. The van der Waals surface area contributed by atoms with Gasteiger partial charge in [-0.3, -0.25) is 0 Å². The van der Waals surface area contributed by atoms with Gasteiger partial charge in [0.1, 0.15) is 0 Å². The summed E-state index contributed by atoms with van der Waals surface area (Å²) in [5.74, 6) is 1.23. The van der Waals surface area contributed by atoms with Crippen molar-refractivity contribution in [2.24, 2.45) is 11.8 Å². The summed E-state index contributed by atoms with van der Waals surface area (Å²) in [6.07, 6.45) is 15.0. The molecule has 0 radical (unpaired) electrons. The summed E-state index contributed by atoms with van der Waals surface area (Å²) in [6, 6.07) is 7.88. The van der Waals surface area contributed by atoms with Crippen molar-refractivity contribution >= 4 is 16.9 Å². The van der Waals surface area contributed by atoms with Crippen molar-refractivity contribution in [1.82, 2.24) is 4.98 Å². The quantitative estimate of drug-likeness (QED) is 0.334. The van der Waals surface area contributed by atoms with E-state index >= 15 is 0 Å². The number of esters is 1. The first-order valence-electron chi connectivity index (χ1n) is 10.5. The SMILES string of the molecule is CCCCCCC1CCCC(COC(=O)c2c[nH]c3ccccc23)CC1. The van der Waals surface area contributed by atoms with Gasteiger partial charge in [0.15, 0.2) is 0 Å². The Balaban J connectivity index is 1.44. The molecule has 1 aromatic heterocycles. The first kappa shape index (κ1) is 19.0. The van der Waals surface area contributed by atoms with E-state index in [-0.39, 0.29) is 5.97 Å². The van der Waals surface area contributed by atoms with E-state index in [1.165, 1.54) is 64.2 Å². The van der Waals surface area contributed by atoms with E-state index in [0.29, 0.717) is 18.1 Å². The predicted molar refractivity (Wildman–Crippen MR) is 107 cm³/mol. The molecule has 3 heteroatoms. The molecule has 2 aromatic rings. The molecule has 0 spiro atoms. The van der Waals surface area contributed by atoms with Gasteiger partial charge in [-0.1, -0.05) is 76.5 Å². The lowest BCUT2D eigenvalue weighted by atomic mass is 9.93. The van der Waals surface area contributed by atoms with Crippen LogP contribution < -0.4 is 0 Å². The van der Waals surface area contributed by atoms with E-state index < -0.39 is 0 Å². The summed E-state index contributed by atoms with van der Waals surface area (Å²) < 4.78 is 5.68. The molecule has 3 rings (SSSR count). The van der Waals surface area contributed by atoms with Crippen molar-refractivity contribution in [3.63, 3.8) is 0 Å². The fraction of sp³-hybridized carbons (Fsp3) is 0.609. The first-order chi connectivity index (χ1) is 12.8. The number of hydrogen-bond acceptors (Lipinski definition) is 2. The summed E-state index contributed by atoms with van der Waals surface area (Å²) >= 11 is 0. The number of H-pyrrole nitrogens is 1. The van der Waals surface area contributed by atoms with Crippen LogP contribution in [-0.4, -0.2) is 17.6 Å². The van der Waals surface area contributed by atoms with Crippen LogP contribution in [0, 0.1) is 11.8 Å². The molecule has 1 aromatic carbocycles. The maximum absolute atomic E-state index is 12.5. The summed E-state index contributed by atoms with van der Waals surface area (Å²) in [4.78, 5) is 15.6. The maximum atomic E-state index is 12.5. The van der Waals surface area contributed by atoms with Crippen molar-refractivity contribution in [3.8, 4) is 0 Å². The van der Waals surface area contributed by atoms with Gasteiger partial charge < -0.3 is 9.72 Å². The average molecular weight is 356 g/mol. The smallest absolute Gasteiger partial charge is 0.340 e. The number of nitrogens with one attached hydrogen (secondary N) is 1. The average Bonchev–Trinajstić information content (AvgIpc) is 2.97. The molecule has 1 N–H and O–H groups in total. The molecular formula is C23H33NO2. The van der Waals surface area contributed by atoms with Crippen LogP contribution >= 0.6 is 0 Å². The summed E-state index contributed by atoms with van der Waals surface area (Å²) in [5, 5.41) is 0.950. The number of unbranched alkanes of at least 4 members (excludes halogenated alkanes) is 3. The Bertz CT molecular complexity index is 690. The van der Waals surface area contributed by atoms with Crippen LogP contribution in [0.25, 0.3) is 10.9 Å². The second-order valence-corrected chi connectivity index (χ2v) is 7.94. The number of fused-ring (bicyclic) bond motifs is 1. The fourth-order valence-corrected chi connectivity index (χ4v) is 4.28. The van der Waals surface area contributed by atoms with Gasteiger partial charge in [0.05, 0.1) is 12.2 Å². The molecule has 0 aliphatic heterocycles. The normalized spacial score (nSPS) is 20.8. The van der Waals surface area contributed by atoms with E-state index in [2.05, 4.69) is 11.9 Å². The van der Waals surface area contributed by atoms with Gasteiger partial charge in [0.25, 0.3) is 0 Å². The van der Waals surface area contributed by atoms with Crippen LogP contribution in [0.4, 0.5) is 0 Å². The molecule has 1 fully saturated rings. The Morgan fingerprint density at radius 1 is 1.08 bits per heavy atom. The number of carbonyl (C=O) groups is 1. The lowest BCUT2D eigenvalue weighted by molar-refractivity contribution is 0.0429. The minimum atomic E-state index is -0.192. The van der Waals surface area contributed by atoms with Gasteiger partial charge in [0.2, 0.25) is 0 Å². The Labute approximate surface area is 157 Å². The van der Waals surface area contributed by atoms with Crippen LogP contribution in [0.2, 0.25) is 0 Å². The third kappa shape index (κ3) is 5.12. The van der Waals surface area contributed by atoms with E-state index in [0.717, 1.165) is 16.8 Å². The van der Waals surface area contributed by atoms with E-state index in [4.69, 9.17) is 4.74 Å². The molecule has 26 heavy (non-hydrogen) atoms. The Morgan fingerprint density at radius 3 is 2.77 bits per heavy atom. The van der Waals surface area contributed by atoms with Crippen LogP contribution in [0.15, 0.2) is 30.5 Å². The molecule has 0 amide bonds. The number of carbonyl (C=O) groups excluding carboxylic acids is 1. The van der Waals surface area contributed by atoms with E-state index in [1.807, 2.05) is 24.3 Å². The van der Waals surface area contributed by atoms with Gasteiger partial charge in [0, 0.05) is 17.1 Å². The summed E-state index contributed by atoms with van der Waals surface area (Å²) in [6.45, 7) is 2.84. The number of rotatable bonds is 8. The lowest BCUT2D eigenvalue weighted by Gasteiger charge is -2.15. The highest BCUT2D eigenvalue weighted by Gasteiger charge is 2.21. The molecular weight excluding hydrogens is 322 g/mol. The minimum absolute atomic E-state index is 0.192. The zero-order chi connectivity index (χ0) is 18.2. The fourth-order valence-electron chi connectivity index (χ4n) is 4.28. The maximum Gasteiger partial charge on any atom is 0.340 e. The van der Waals surface area contributed by atoms with Crippen LogP contribution in [0.1, 0.15) is 81.5 Å². The first-order valence-corrected chi connectivity index (χ1v) is 10.5. The molecule has 1 heterocycles. The van der Waals surface area contributed by atoms with E-state index in [1.54, 1.807) is 6.20 Å². The Hall–Kier alpha value is -1.77. The number of para-hydroxylation sites is 1. The number of benzene rings is 1. The third-order valence-electron chi connectivity index (χ3n) is 5.93. The monoisotopic (exact) mass is 355 g/mol. The number of aromatic amines is 1. The van der Waals surface area contributed by atoms with Crippen LogP contribution in [-0.2, 0) is 4.74 Å². The van der Waals surface area contributed by atoms with Crippen molar-refractivity contribution < 1.29 is 9.53 Å². The van der Waals surface area contributed by atoms with Gasteiger partial charge in [-0.2, -0.15) is 0 Å². The van der Waals surface area contributed by atoms with Gasteiger partial charge in [-0.15, -0.1) is 0 Å². The summed E-state index contributed by atoms with van der Waals surface area (Å²) in [5.41, 5.74) is 1.64. The molecule has 142 valence electrons. The standard InChI is InChI=1S/C23H33NO2/c1-2-3-4-5-9-18-10-8-11-19(15-14-18)17-26-23(25)21-16-24-22-13-7-6-12-20(21)22/h6-7,12-13,16,18-19,24H,2-5,8-11,14-15,17H2,1H3. The topological polar surface area (TPSA) is 42.1 Å². The van der Waals surface area contributed by atoms with Crippen LogP contribution in [0.5, 0.6) is 0 Å². The van der Waals surface area contributed by atoms with Gasteiger partial charge in [-0.05, 0) is 30.7 Å². The highest BCUT2D eigenvalue weighted by molar-refractivity contribution is 6.03. The minimum Gasteiger partial charge on any atom is -0.462 e. The van der Waals surface area contributed by atoms with Crippen molar-refractivity contribution in [2.45, 2.75) is 71.1 Å². The van der Waals surface area contributed by atoms with Gasteiger partial charge >= 0.3 is 5.97 Å². The predicted octanol–water partition coefficient (Wildman–Crippen LogP) is 6.49. The number of ether oxygens (including phenoxy) is 1. The third-order valence-corrected chi connectivity index (χ3v) is 5.93. The molecule has 0 saturated heterocycles. The Morgan fingerprint density at radius 2 is 1.88 bits per heavy atom. The van der Waals surface area contributed by atoms with Gasteiger partial charge in [-0.25, -0.2) is 4.79 Å².